The van der Waals surface area contributed by atoms with Gasteiger partial charge in [-0.1, -0.05) is 42.0 Å². The molecule has 1 aromatic heterocycles. The topological polar surface area (TPSA) is 42.4 Å². The molecule has 1 aliphatic rings. The highest BCUT2D eigenvalue weighted by Crippen LogP contribution is 2.23. The minimum absolute atomic E-state index is 0.363. The number of carbonyl (C=O) groups is 1. The number of ether oxygens (including phenoxy) is 1. The molecule has 1 saturated heterocycles. The van der Waals surface area contributed by atoms with E-state index >= 15 is 0 Å². The van der Waals surface area contributed by atoms with Crippen LogP contribution in [0.25, 0.3) is 11.6 Å². The normalized spacial score (nSPS) is 15.7. The van der Waals surface area contributed by atoms with E-state index in [1.54, 1.807) is 6.08 Å². The quantitative estimate of drug-likeness (QED) is 0.486. The molecule has 2 heterocycles. The zero-order chi connectivity index (χ0) is 21.6. The lowest BCUT2D eigenvalue weighted by Crippen LogP contribution is -2.22. The van der Waals surface area contributed by atoms with Gasteiger partial charge in [0.15, 0.2) is 0 Å². The second kappa shape index (κ2) is 9.86. The van der Waals surface area contributed by atoms with Gasteiger partial charge in [-0.3, -0.25) is 4.90 Å². The van der Waals surface area contributed by atoms with Gasteiger partial charge in [-0.25, -0.2) is 9.78 Å². The fourth-order valence-electron chi connectivity index (χ4n) is 3.47. The van der Waals surface area contributed by atoms with Crippen molar-refractivity contribution < 1.29 is 9.53 Å². The summed E-state index contributed by atoms with van der Waals surface area (Å²) in [6.07, 6.45) is 7.98. The van der Waals surface area contributed by atoms with Crippen LogP contribution in [0.5, 0.6) is 0 Å². The summed E-state index contributed by atoms with van der Waals surface area (Å²) in [5, 5.41) is 0. The number of esters is 1. The van der Waals surface area contributed by atoms with Crippen LogP contribution in [0.2, 0.25) is 0 Å². The lowest BCUT2D eigenvalue weighted by atomic mass is 10.00. The zero-order valence-corrected chi connectivity index (χ0v) is 18.5. The molecule has 0 amide bonds. The largest absolute Gasteiger partial charge is 0.457 e. The average Bonchev–Trinajstić information content (AvgIpc) is 3.21. The summed E-state index contributed by atoms with van der Waals surface area (Å²) in [6.45, 7) is 10.9. The lowest BCUT2D eigenvalue weighted by Gasteiger charge is -2.17. The maximum atomic E-state index is 12.0. The first-order valence-electron chi connectivity index (χ1n) is 10.7. The van der Waals surface area contributed by atoms with Gasteiger partial charge in [-0.05, 0) is 77.4 Å². The van der Waals surface area contributed by atoms with Gasteiger partial charge < -0.3 is 4.74 Å². The van der Waals surface area contributed by atoms with Crippen LogP contribution in [-0.2, 0) is 9.53 Å². The summed E-state index contributed by atoms with van der Waals surface area (Å²) in [6, 6.07) is 14.5. The third-order valence-electron chi connectivity index (χ3n) is 4.96. The highest BCUT2D eigenvalue weighted by atomic mass is 16.6. The molecule has 0 unspecified atom stereocenters. The number of rotatable bonds is 6. The molecule has 0 bridgehead atoms. The van der Waals surface area contributed by atoms with Crippen molar-refractivity contribution in [2.75, 3.05) is 19.6 Å². The predicted molar refractivity (Wildman–Crippen MR) is 123 cm³/mol. The average molecular weight is 405 g/mol. The van der Waals surface area contributed by atoms with Gasteiger partial charge in [-0.15, -0.1) is 0 Å². The first-order chi connectivity index (χ1) is 14.3. The van der Waals surface area contributed by atoms with E-state index in [4.69, 9.17) is 9.72 Å². The molecule has 30 heavy (non-hydrogen) atoms. The van der Waals surface area contributed by atoms with Gasteiger partial charge in [0.25, 0.3) is 0 Å². The molecule has 1 fully saturated rings. The molecule has 0 atom stereocenters. The molecule has 0 N–H and O–H groups in total. The van der Waals surface area contributed by atoms with Crippen molar-refractivity contribution in [1.82, 2.24) is 9.88 Å². The molecular weight excluding hydrogens is 372 g/mol. The predicted octanol–water partition coefficient (Wildman–Crippen LogP) is 5.27. The third kappa shape index (κ3) is 6.67. The summed E-state index contributed by atoms with van der Waals surface area (Å²) in [5.74, 6) is -0.363. The van der Waals surface area contributed by atoms with Crippen molar-refractivity contribution in [3.05, 3.63) is 77.1 Å². The maximum absolute atomic E-state index is 12.0. The number of pyridine rings is 1. The molecule has 158 valence electrons. The van der Waals surface area contributed by atoms with E-state index in [-0.39, 0.29) is 5.97 Å². The van der Waals surface area contributed by atoms with E-state index in [0.29, 0.717) is 0 Å². The summed E-state index contributed by atoms with van der Waals surface area (Å²) in [5.41, 5.74) is 4.64. The Balaban J connectivity index is 1.85. The van der Waals surface area contributed by atoms with Crippen LogP contribution in [0, 0.1) is 6.92 Å². The van der Waals surface area contributed by atoms with Crippen molar-refractivity contribution in [1.29, 1.82) is 0 Å². The number of hydrogen-bond donors (Lipinski definition) is 0. The highest BCUT2D eigenvalue weighted by molar-refractivity contribution is 5.87. The van der Waals surface area contributed by atoms with E-state index in [9.17, 15) is 4.79 Å². The Labute approximate surface area is 180 Å². The minimum Gasteiger partial charge on any atom is -0.457 e. The number of aryl methyl sites for hydroxylation is 1. The molecule has 2 aromatic rings. The standard InChI is InChI=1S/C26H32N2O2/c1-20-10-12-21(13-11-20)23(16-19-28-17-5-6-18-28)24-9-7-8-22(27-24)14-15-25(29)30-26(2,3)4/h7-16H,5-6,17-19H2,1-4H3/b15-14+,23-16-. The van der Waals surface area contributed by atoms with Gasteiger partial charge in [0.05, 0.1) is 11.4 Å². The monoisotopic (exact) mass is 404 g/mol. The Morgan fingerprint density at radius 3 is 2.47 bits per heavy atom. The Morgan fingerprint density at radius 2 is 1.80 bits per heavy atom. The Hall–Kier alpha value is -2.72. The first kappa shape index (κ1) is 22.0. The Morgan fingerprint density at radius 1 is 1.10 bits per heavy atom. The van der Waals surface area contributed by atoms with Gasteiger partial charge in [0.2, 0.25) is 0 Å². The van der Waals surface area contributed by atoms with Crippen LogP contribution in [0.3, 0.4) is 0 Å². The molecule has 0 spiro atoms. The number of carbonyl (C=O) groups excluding carboxylic acids is 1. The summed E-state index contributed by atoms with van der Waals surface area (Å²) in [7, 11) is 0. The van der Waals surface area contributed by atoms with Crippen LogP contribution in [0.1, 0.15) is 56.1 Å². The van der Waals surface area contributed by atoms with Crippen molar-refractivity contribution in [2.24, 2.45) is 0 Å². The third-order valence-corrected chi connectivity index (χ3v) is 4.96. The van der Waals surface area contributed by atoms with Crippen molar-refractivity contribution in [2.45, 2.75) is 46.1 Å². The van der Waals surface area contributed by atoms with E-state index in [0.717, 1.165) is 42.2 Å². The van der Waals surface area contributed by atoms with Crippen LogP contribution < -0.4 is 0 Å². The minimum atomic E-state index is -0.506. The van der Waals surface area contributed by atoms with Crippen LogP contribution >= 0.6 is 0 Å². The molecule has 4 heteroatoms. The fourth-order valence-corrected chi connectivity index (χ4v) is 3.47. The molecule has 0 saturated carbocycles. The molecule has 1 aliphatic heterocycles. The van der Waals surface area contributed by atoms with Gasteiger partial charge in [0, 0.05) is 18.2 Å². The van der Waals surface area contributed by atoms with Crippen molar-refractivity contribution in [3.63, 3.8) is 0 Å². The Kier molecular flexibility index (Phi) is 7.22. The highest BCUT2D eigenvalue weighted by Gasteiger charge is 2.14. The number of aromatic nitrogens is 1. The number of likely N-dealkylation sites (tertiary alicyclic amines) is 1. The summed E-state index contributed by atoms with van der Waals surface area (Å²) < 4.78 is 5.34. The molecule has 3 rings (SSSR count). The maximum Gasteiger partial charge on any atom is 0.331 e. The zero-order valence-electron chi connectivity index (χ0n) is 18.5. The van der Waals surface area contributed by atoms with Crippen molar-refractivity contribution >= 4 is 17.6 Å². The van der Waals surface area contributed by atoms with Crippen molar-refractivity contribution in [3.8, 4) is 0 Å². The van der Waals surface area contributed by atoms with Gasteiger partial charge >= 0.3 is 5.97 Å². The molecule has 0 radical (unpaired) electrons. The summed E-state index contributed by atoms with van der Waals surface area (Å²) >= 11 is 0. The summed E-state index contributed by atoms with van der Waals surface area (Å²) in [4.78, 5) is 19.3. The number of benzene rings is 1. The molecular formula is C26H32N2O2. The Bertz CT molecular complexity index is 915. The number of hydrogen-bond acceptors (Lipinski definition) is 4. The van der Waals surface area contributed by atoms with Gasteiger partial charge in [0.1, 0.15) is 5.60 Å². The lowest BCUT2D eigenvalue weighted by molar-refractivity contribution is -0.148. The van der Waals surface area contributed by atoms with Crippen LogP contribution in [0.4, 0.5) is 0 Å². The van der Waals surface area contributed by atoms with Crippen LogP contribution in [0.15, 0.2) is 54.6 Å². The van der Waals surface area contributed by atoms with E-state index in [1.165, 1.54) is 24.5 Å². The number of nitrogens with zero attached hydrogens (tertiary/aromatic N) is 2. The second-order valence-electron chi connectivity index (χ2n) is 8.81. The second-order valence-corrected chi connectivity index (χ2v) is 8.81. The smallest absolute Gasteiger partial charge is 0.331 e. The van der Waals surface area contributed by atoms with E-state index in [2.05, 4.69) is 42.2 Å². The fraction of sp³-hybridized carbons (Fsp3) is 0.385. The molecule has 1 aromatic carbocycles. The van der Waals surface area contributed by atoms with E-state index < -0.39 is 5.60 Å². The molecule has 0 aliphatic carbocycles. The van der Waals surface area contributed by atoms with Crippen LogP contribution in [-0.4, -0.2) is 41.1 Å². The molecule has 4 nitrogen and oxygen atoms in total. The van der Waals surface area contributed by atoms with Gasteiger partial charge in [-0.2, -0.15) is 0 Å². The SMILES string of the molecule is Cc1ccc(/C(=C/CN2CCCC2)c2cccc(/C=C/C(=O)OC(C)(C)C)n2)cc1. The first-order valence-corrected chi connectivity index (χ1v) is 10.7. The van der Waals surface area contributed by atoms with E-state index in [1.807, 2.05) is 39.0 Å².